The van der Waals surface area contributed by atoms with Gasteiger partial charge in [-0.05, 0) is 30.9 Å². The van der Waals surface area contributed by atoms with E-state index in [9.17, 15) is 5.11 Å². The van der Waals surface area contributed by atoms with Gasteiger partial charge in [0.1, 0.15) is 6.10 Å². The summed E-state index contributed by atoms with van der Waals surface area (Å²) in [7, 11) is 1.61. The number of aliphatic hydroxyl groups excluding tert-OH is 1. The monoisotopic (exact) mass is 303 g/mol. The average Bonchev–Trinajstić information content (AvgIpc) is 3.18. The van der Waals surface area contributed by atoms with Crippen molar-refractivity contribution in [2.45, 2.75) is 38.0 Å². The van der Waals surface area contributed by atoms with Crippen LogP contribution in [-0.4, -0.2) is 29.0 Å². The van der Waals surface area contributed by atoms with E-state index in [1.807, 2.05) is 19.1 Å². The van der Waals surface area contributed by atoms with Crippen LogP contribution in [0.4, 0.5) is 0 Å². The van der Waals surface area contributed by atoms with Gasteiger partial charge in [0.25, 0.3) is 0 Å². The first-order valence-electron chi connectivity index (χ1n) is 7.48. The zero-order chi connectivity index (χ0) is 15.6. The molecule has 2 N–H and O–H groups in total. The summed E-state index contributed by atoms with van der Waals surface area (Å²) in [5.74, 6) is 1.03. The average molecular weight is 303 g/mol. The van der Waals surface area contributed by atoms with Crippen LogP contribution in [0, 0.1) is 0 Å². The lowest BCUT2D eigenvalue weighted by Gasteiger charge is -2.29. The second-order valence-corrected chi connectivity index (χ2v) is 5.68. The molecule has 1 aliphatic rings. The second-order valence-electron chi connectivity index (χ2n) is 5.68. The van der Waals surface area contributed by atoms with Crippen molar-refractivity contribution in [1.82, 2.24) is 15.5 Å². The lowest BCUT2D eigenvalue weighted by molar-refractivity contribution is 0.109. The Balaban J connectivity index is 1.74. The van der Waals surface area contributed by atoms with Crippen LogP contribution < -0.4 is 5.32 Å². The van der Waals surface area contributed by atoms with E-state index in [2.05, 4.69) is 27.6 Å². The molecular weight excluding hydrogens is 282 g/mol. The first kappa shape index (κ1) is 15.1. The lowest BCUT2D eigenvalue weighted by atomic mass is 9.92. The van der Waals surface area contributed by atoms with Crippen molar-refractivity contribution < 1.29 is 14.4 Å². The van der Waals surface area contributed by atoms with Crippen molar-refractivity contribution in [1.29, 1.82) is 0 Å². The van der Waals surface area contributed by atoms with Crippen molar-refractivity contribution in [2.75, 3.05) is 13.7 Å². The molecule has 6 heteroatoms. The van der Waals surface area contributed by atoms with Gasteiger partial charge >= 0.3 is 0 Å². The number of hydrogen-bond acceptors (Lipinski definition) is 6. The number of methoxy groups -OCH3 is 1. The molecule has 1 aromatic carbocycles. The van der Waals surface area contributed by atoms with Crippen LogP contribution in [0.2, 0.25) is 0 Å². The second kappa shape index (κ2) is 6.16. The van der Waals surface area contributed by atoms with Crippen LogP contribution >= 0.6 is 0 Å². The molecule has 0 spiro atoms. The largest absolute Gasteiger partial charge is 0.394 e. The first-order valence-corrected chi connectivity index (χ1v) is 7.48. The highest BCUT2D eigenvalue weighted by molar-refractivity contribution is 5.38. The minimum atomic E-state index is -0.432. The van der Waals surface area contributed by atoms with Crippen molar-refractivity contribution in [3.05, 3.63) is 47.1 Å². The lowest BCUT2D eigenvalue weighted by Crippen LogP contribution is -2.43. The summed E-state index contributed by atoms with van der Waals surface area (Å²) in [6.45, 7) is 2.32. The van der Waals surface area contributed by atoms with Gasteiger partial charge in [0.2, 0.25) is 5.89 Å². The van der Waals surface area contributed by atoms with Crippen LogP contribution in [0.25, 0.3) is 0 Å². The molecule has 0 saturated carbocycles. The minimum Gasteiger partial charge on any atom is -0.394 e. The summed E-state index contributed by atoms with van der Waals surface area (Å²) < 4.78 is 10.4. The molecular formula is C16H21N3O3. The Morgan fingerprint density at radius 1 is 1.45 bits per heavy atom. The van der Waals surface area contributed by atoms with Gasteiger partial charge in [0.15, 0.2) is 5.82 Å². The van der Waals surface area contributed by atoms with Crippen molar-refractivity contribution >= 4 is 0 Å². The quantitative estimate of drug-likeness (QED) is 0.845. The molecule has 6 nitrogen and oxygen atoms in total. The van der Waals surface area contributed by atoms with E-state index in [0.29, 0.717) is 18.3 Å². The summed E-state index contributed by atoms with van der Waals surface area (Å²) in [5.41, 5.74) is 2.00. The zero-order valence-electron chi connectivity index (χ0n) is 12.9. The van der Waals surface area contributed by atoms with Gasteiger partial charge in [-0.3, -0.25) is 5.32 Å². The third kappa shape index (κ3) is 2.65. The third-order valence-corrected chi connectivity index (χ3v) is 4.40. The fourth-order valence-electron chi connectivity index (χ4n) is 2.95. The first-order chi connectivity index (χ1) is 10.7. The standard InChI is InChI=1S/C16H21N3O3/c1-11(21-2)15-18-14(22-19-15)9-17-16(10-20)8-7-12-5-3-4-6-13(12)16/h3-6,11,17,20H,7-10H2,1-2H3. The fourth-order valence-corrected chi connectivity index (χ4v) is 2.95. The van der Waals surface area contributed by atoms with Crippen LogP contribution in [0.1, 0.15) is 42.3 Å². The Morgan fingerprint density at radius 3 is 3.05 bits per heavy atom. The third-order valence-electron chi connectivity index (χ3n) is 4.40. The number of nitrogens with one attached hydrogen (secondary N) is 1. The van der Waals surface area contributed by atoms with Gasteiger partial charge < -0.3 is 14.4 Å². The minimum absolute atomic E-state index is 0.0412. The van der Waals surface area contributed by atoms with Crippen LogP contribution in [0.3, 0.4) is 0 Å². The number of ether oxygens (including phenoxy) is 1. The highest BCUT2D eigenvalue weighted by Crippen LogP contribution is 2.36. The molecule has 0 amide bonds. The molecule has 2 aromatic rings. The summed E-state index contributed by atoms with van der Waals surface area (Å²) in [5, 5.41) is 17.2. The van der Waals surface area contributed by atoms with E-state index < -0.39 is 5.54 Å². The van der Waals surface area contributed by atoms with E-state index in [0.717, 1.165) is 18.4 Å². The van der Waals surface area contributed by atoms with Crippen LogP contribution in [-0.2, 0) is 23.2 Å². The predicted molar refractivity (Wildman–Crippen MR) is 80.1 cm³/mol. The molecule has 1 heterocycles. The Labute approximate surface area is 129 Å². The van der Waals surface area contributed by atoms with Gasteiger partial charge in [-0.25, -0.2) is 0 Å². The number of benzene rings is 1. The maximum Gasteiger partial charge on any atom is 0.240 e. The molecule has 2 unspecified atom stereocenters. The molecule has 2 atom stereocenters. The van der Waals surface area contributed by atoms with E-state index in [4.69, 9.17) is 9.26 Å². The molecule has 0 saturated heterocycles. The summed E-state index contributed by atoms with van der Waals surface area (Å²) in [4.78, 5) is 4.32. The van der Waals surface area contributed by atoms with Crippen molar-refractivity contribution in [2.24, 2.45) is 0 Å². The summed E-state index contributed by atoms with van der Waals surface area (Å²) >= 11 is 0. The fraction of sp³-hybridized carbons (Fsp3) is 0.500. The van der Waals surface area contributed by atoms with Crippen LogP contribution in [0.15, 0.2) is 28.8 Å². The number of hydrogen-bond donors (Lipinski definition) is 2. The number of fused-ring (bicyclic) bond motifs is 1. The topological polar surface area (TPSA) is 80.4 Å². The zero-order valence-corrected chi connectivity index (χ0v) is 12.9. The van der Waals surface area contributed by atoms with E-state index >= 15 is 0 Å². The Hall–Kier alpha value is -1.76. The number of aryl methyl sites for hydroxylation is 1. The van der Waals surface area contributed by atoms with E-state index in [1.165, 1.54) is 5.56 Å². The maximum absolute atomic E-state index is 9.92. The highest BCUT2D eigenvalue weighted by Gasteiger charge is 2.37. The predicted octanol–water partition coefficient (Wildman–Crippen LogP) is 1.70. The highest BCUT2D eigenvalue weighted by atomic mass is 16.5. The smallest absolute Gasteiger partial charge is 0.240 e. The number of rotatable bonds is 6. The molecule has 22 heavy (non-hydrogen) atoms. The molecule has 0 aliphatic heterocycles. The maximum atomic E-state index is 9.92. The van der Waals surface area contributed by atoms with Crippen LogP contribution in [0.5, 0.6) is 0 Å². The Bertz CT molecular complexity index is 643. The SMILES string of the molecule is COC(C)c1noc(CNC2(CO)CCc3ccccc32)n1. The molecule has 3 rings (SSSR count). The Kier molecular flexibility index (Phi) is 4.24. The van der Waals surface area contributed by atoms with Gasteiger partial charge in [-0.2, -0.15) is 4.98 Å². The van der Waals surface area contributed by atoms with Crippen molar-refractivity contribution in [3.63, 3.8) is 0 Å². The van der Waals surface area contributed by atoms with Gasteiger partial charge in [-0.1, -0.05) is 29.4 Å². The number of aromatic nitrogens is 2. The van der Waals surface area contributed by atoms with Gasteiger partial charge in [0.05, 0.1) is 18.7 Å². The number of nitrogens with zero attached hydrogens (tertiary/aromatic N) is 2. The molecule has 1 aromatic heterocycles. The summed E-state index contributed by atoms with van der Waals surface area (Å²) in [6, 6.07) is 8.21. The summed E-state index contributed by atoms with van der Waals surface area (Å²) in [6.07, 6.45) is 1.62. The van der Waals surface area contributed by atoms with Gasteiger partial charge in [-0.15, -0.1) is 0 Å². The van der Waals surface area contributed by atoms with Gasteiger partial charge in [0, 0.05) is 7.11 Å². The Morgan fingerprint density at radius 2 is 2.27 bits per heavy atom. The normalized spacial score (nSPS) is 21.8. The van der Waals surface area contributed by atoms with Crippen molar-refractivity contribution in [3.8, 4) is 0 Å². The molecule has 0 fully saturated rings. The van der Waals surface area contributed by atoms with E-state index in [1.54, 1.807) is 7.11 Å². The molecule has 0 radical (unpaired) electrons. The molecule has 118 valence electrons. The van der Waals surface area contributed by atoms with E-state index in [-0.39, 0.29) is 12.7 Å². The number of aliphatic hydroxyl groups is 1. The molecule has 1 aliphatic carbocycles. The molecule has 0 bridgehead atoms.